The number of nitrogens with zero attached hydrogens (tertiary/aromatic N) is 2. The third-order valence-corrected chi connectivity index (χ3v) is 2.85. The zero-order chi connectivity index (χ0) is 13.8. The second kappa shape index (κ2) is 5.87. The van der Waals surface area contributed by atoms with Crippen molar-refractivity contribution in [2.45, 2.75) is 34.1 Å². The molecule has 2 rings (SSSR count). The van der Waals surface area contributed by atoms with Crippen molar-refractivity contribution in [1.82, 2.24) is 9.97 Å². The summed E-state index contributed by atoms with van der Waals surface area (Å²) in [6, 6.07) is 3.95. The molecule has 0 spiro atoms. The first-order valence-electron chi connectivity index (χ1n) is 6.76. The van der Waals surface area contributed by atoms with Crippen molar-refractivity contribution < 1.29 is 4.42 Å². The van der Waals surface area contributed by atoms with Crippen LogP contribution < -0.4 is 5.32 Å². The summed E-state index contributed by atoms with van der Waals surface area (Å²) >= 11 is 0. The van der Waals surface area contributed by atoms with E-state index in [0.29, 0.717) is 5.92 Å². The van der Waals surface area contributed by atoms with Gasteiger partial charge in [-0.2, -0.15) is 0 Å². The van der Waals surface area contributed by atoms with Crippen molar-refractivity contribution >= 4 is 5.82 Å². The molecular formula is C15H21N3O. The molecule has 0 aliphatic rings. The van der Waals surface area contributed by atoms with E-state index in [1.54, 1.807) is 6.26 Å². The number of hydrogen-bond donors (Lipinski definition) is 1. The van der Waals surface area contributed by atoms with Crippen LogP contribution in [0.25, 0.3) is 11.4 Å². The monoisotopic (exact) mass is 259 g/mol. The molecule has 1 N–H and O–H groups in total. The molecule has 102 valence electrons. The molecular weight excluding hydrogens is 238 g/mol. The highest BCUT2D eigenvalue weighted by Crippen LogP contribution is 2.23. The van der Waals surface area contributed by atoms with Crippen LogP contribution >= 0.6 is 0 Å². The van der Waals surface area contributed by atoms with Crippen LogP contribution in [-0.4, -0.2) is 16.5 Å². The van der Waals surface area contributed by atoms with E-state index < -0.39 is 0 Å². The van der Waals surface area contributed by atoms with Gasteiger partial charge in [0.15, 0.2) is 5.82 Å². The molecule has 4 nitrogen and oxygen atoms in total. The lowest BCUT2D eigenvalue weighted by molar-refractivity contribution is 0.535. The van der Waals surface area contributed by atoms with Crippen molar-refractivity contribution in [3.8, 4) is 11.4 Å². The van der Waals surface area contributed by atoms with Crippen LogP contribution in [0.5, 0.6) is 0 Å². The molecule has 0 aliphatic carbocycles. The summed E-state index contributed by atoms with van der Waals surface area (Å²) in [5.41, 5.74) is 2.03. The maximum Gasteiger partial charge on any atom is 0.165 e. The second-order valence-electron chi connectivity index (χ2n) is 5.09. The summed E-state index contributed by atoms with van der Waals surface area (Å²) in [5, 5.41) is 3.26. The molecule has 0 fully saturated rings. The van der Waals surface area contributed by atoms with Crippen molar-refractivity contribution in [2.24, 2.45) is 5.92 Å². The second-order valence-corrected chi connectivity index (χ2v) is 5.09. The van der Waals surface area contributed by atoms with Crippen LogP contribution in [0.1, 0.15) is 32.2 Å². The molecule has 2 heterocycles. The lowest BCUT2D eigenvalue weighted by atomic mass is 10.1. The molecule has 0 saturated heterocycles. The maximum absolute atomic E-state index is 5.34. The fourth-order valence-electron chi connectivity index (χ4n) is 2.03. The molecule has 0 radical (unpaired) electrons. The first kappa shape index (κ1) is 13.6. The zero-order valence-corrected chi connectivity index (χ0v) is 12.0. The highest BCUT2D eigenvalue weighted by atomic mass is 16.3. The molecule has 0 amide bonds. The quantitative estimate of drug-likeness (QED) is 0.890. The Morgan fingerprint density at radius 1 is 1.32 bits per heavy atom. The molecule has 0 aliphatic heterocycles. The average Bonchev–Trinajstić information content (AvgIpc) is 2.74. The van der Waals surface area contributed by atoms with Crippen LogP contribution in [-0.2, 0) is 6.42 Å². The van der Waals surface area contributed by atoms with E-state index in [1.165, 1.54) is 0 Å². The van der Waals surface area contributed by atoms with Crippen LogP contribution in [0.4, 0.5) is 5.82 Å². The normalized spacial score (nSPS) is 11.0. The van der Waals surface area contributed by atoms with E-state index >= 15 is 0 Å². The predicted octanol–water partition coefficient (Wildman–Crippen LogP) is 3.68. The highest BCUT2D eigenvalue weighted by Gasteiger charge is 2.11. The molecule has 2 aromatic heterocycles. The van der Waals surface area contributed by atoms with E-state index in [4.69, 9.17) is 4.42 Å². The van der Waals surface area contributed by atoms with Crippen LogP contribution in [0.15, 0.2) is 22.8 Å². The van der Waals surface area contributed by atoms with Gasteiger partial charge in [0, 0.05) is 18.3 Å². The Morgan fingerprint density at radius 2 is 2.11 bits per heavy atom. The van der Waals surface area contributed by atoms with Crippen molar-refractivity contribution in [2.75, 3.05) is 11.9 Å². The lowest BCUT2D eigenvalue weighted by Crippen LogP contribution is -2.06. The summed E-state index contributed by atoms with van der Waals surface area (Å²) in [4.78, 5) is 9.20. The van der Waals surface area contributed by atoms with Gasteiger partial charge in [0.05, 0.1) is 11.8 Å². The standard InChI is InChI=1S/C15H21N3O/c1-5-16-14-9-12(8-10(2)3)17-15(18-14)13-6-7-19-11(13)4/h6-7,9-10H,5,8H2,1-4H3,(H,16,17,18). The van der Waals surface area contributed by atoms with E-state index in [1.807, 2.05) is 19.1 Å². The summed E-state index contributed by atoms with van der Waals surface area (Å²) in [6.45, 7) is 9.23. The summed E-state index contributed by atoms with van der Waals surface area (Å²) in [6.07, 6.45) is 2.63. The smallest absolute Gasteiger partial charge is 0.165 e. The molecule has 0 aromatic carbocycles. The van der Waals surface area contributed by atoms with E-state index in [9.17, 15) is 0 Å². The minimum absolute atomic E-state index is 0.572. The maximum atomic E-state index is 5.34. The van der Waals surface area contributed by atoms with E-state index in [0.717, 1.165) is 41.6 Å². The topological polar surface area (TPSA) is 51.0 Å². The van der Waals surface area contributed by atoms with Gasteiger partial charge in [-0.1, -0.05) is 13.8 Å². The van der Waals surface area contributed by atoms with Gasteiger partial charge in [-0.3, -0.25) is 0 Å². The SMILES string of the molecule is CCNc1cc(CC(C)C)nc(-c2ccoc2C)n1. The third-order valence-electron chi connectivity index (χ3n) is 2.85. The first-order chi connectivity index (χ1) is 9.10. The van der Waals surface area contributed by atoms with Crippen molar-refractivity contribution in [3.05, 3.63) is 29.9 Å². The van der Waals surface area contributed by atoms with Gasteiger partial charge in [-0.25, -0.2) is 9.97 Å². The van der Waals surface area contributed by atoms with Gasteiger partial charge in [-0.15, -0.1) is 0 Å². The molecule has 2 aromatic rings. The Balaban J connectivity index is 2.42. The number of furan rings is 1. The number of anilines is 1. The van der Waals surface area contributed by atoms with Crippen molar-refractivity contribution in [3.63, 3.8) is 0 Å². The number of aryl methyl sites for hydroxylation is 1. The van der Waals surface area contributed by atoms with Gasteiger partial charge in [0.25, 0.3) is 0 Å². The number of rotatable bonds is 5. The number of hydrogen-bond acceptors (Lipinski definition) is 4. The first-order valence-corrected chi connectivity index (χ1v) is 6.76. The molecule has 0 atom stereocenters. The fourth-order valence-corrected chi connectivity index (χ4v) is 2.03. The molecule has 4 heteroatoms. The molecule has 0 saturated carbocycles. The van der Waals surface area contributed by atoms with Crippen LogP contribution in [0, 0.1) is 12.8 Å². The summed E-state index contributed by atoms with van der Waals surface area (Å²) in [7, 11) is 0. The fraction of sp³-hybridized carbons (Fsp3) is 0.467. The third kappa shape index (κ3) is 3.34. The molecule has 0 bridgehead atoms. The number of nitrogens with one attached hydrogen (secondary N) is 1. The highest BCUT2D eigenvalue weighted by molar-refractivity contribution is 5.59. The van der Waals surface area contributed by atoms with E-state index in [-0.39, 0.29) is 0 Å². The van der Waals surface area contributed by atoms with E-state index in [2.05, 4.69) is 36.1 Å². The summed E-state index contributed by atoms with van der Waals surface area (Å²) in [5.74, 6) is 3.04. The average molecular weight is 259 g/mol. The Kier molecular flexibility index (Phi) is 4.20. The van der Waals surface area contributed by atoms with Crippen LogP contribution in [0.3, 0.4) is 0 Å². The Labute approximate surface area is 114 Å². The van der Waals surface area contributed by atoms with Gasteiger partial charge in [0.2, 0.25) is 0 Å². The largest absolute Gasteiger partial charge is 0.469 e. The summed E-state index contributed by atoms with van der Waals surface area (Å²) < 4.78 is 5.34. The van der Waals surface area contributed by atoms with Crippen molar-refractivity contribution in [1.29, 1.82) is 0 Å². The van der Waals surface area contributed by atoms with Gasteiger partial charge < -0.3 is 9.73 Å². The Morgan fingerprint density at radius 3 is 2.68 bits per heavy atom. The lowest BCUT2D eigenvalue weighted by Gasteiger charge is -2.10. The molecule has 19 heavy (non-hydrogen) atoms. The molecule has 0 unspecified atom stereocenters. The predicted molar refractivity (Wildman–Crippen MR) is 77.2 cm³/mol. The zero-order valence-electron chi connectivity index (χ0n) is 12.0. The van der Waals surface area contributed by atoms with Crippen LogP contribution in [0.2, 0.25) is 0 Å². The van der Waals surface area contributed by atoms with Gasteiger partial charge in [-0.05, 0) is 32.3 Å². The minimum atomic E-state index is 0.572. The van der Waals surface area contributed by atoms with Gasteiger partial charge in [0.1, 0.15) is 11.6 Å². The minimum Gasteiger partial charge on any atom is -0.469 e. The number of aromatic nitrogens is 2. The Bertz CT molecular complexity index is 546. The van der Waals surface area contributed by atoms with Gasteiger partial charge >= 0.3 is 0 Å². The Hall–Kier alpha value is -1.84.